The third-order valence-electron chi connectivity index (χ3n) is 3.45. The van der Waals surface area contributed by atoms with E-state index in [0.717, 1.165) is 18.7 Å². The van der Waals surface area contributed by atoms with Crippen LogP contribution in [0.15, 0.2) is 18.2 Å². The van der Waals surface area contributed by atoms with E-state index in [0.29, 0.717) is 11.7 Å². The van der Waals surface area contributed by atoms with Crippen molar-refractivity contribution in [3.05, 3.63) is 23.8 Å². The Bertz CT molecular complexity index is 431. The minimum absolute atomic E-state index is 0.181. The number of nitrogen functional groups attached to an aromatic ring is 1. The number of nitrogens with two attached hydrogens (primary N) is 1. The molecule has 1 aliphatic heterocycles. The van der Waals surface area contributed by atoms with E-state index in [1.165, 1.54) is 12.8 Å². The zero-order chi connectivity index (χ0) is 12.4. The van der Waals surface area contributed by atoms with Gasteiger partial charge in [-0.05, 0) is 37.5 Å². The predicted octanol–water partition coefficient (Wildman–Crippen LogP) is 2.35. The number of benzene rings is 1. The molecule has 0 amide bonds. The van der Waals surface area contributed by atoms with Crippen LogP contribution in [0.4, 0.5) is 11.4 Å². The van der Waals surface area contributed by atoms with Crippen molar-refractivity contribution in [3.63, 3.8) is 0 Å². The van der Waals surface area contributed by atoms with Gasteiger partial charge in [0.2, 0.25) is 0 Å². The number of carbonyl (C=O) groups is 1. The number of carboxylic acid groups (broad SMARTS) is 1. The summed E-state index contributed by atoms with van der Waals surface area (Å²) in [7, 11) is 0. The molecule has 1 saturated heterocycles. The van der Waals surface area contributed by atoms with Gasteiger partial charge in [-0.3, -0.25) is 0 Å². The molecule has 1 unspecified atom stereocenters. The van der Waals surface area contributed by atoms with E-state index in [4.69, 9.17) is 10.8 Å². The van der Waals surface area contributed by atoms with Crippen LogP contribution in [0.5, 0.6) is 0 Å². The number of hydrogen-bond donors (Lipinski definition) is 2. The van der Waals surface area contributed by atoms with Crippen molar-refractivity contribution in [3.8, 4) is 0 Å². The first kappa shape index (κ1) is 11.8. The molecule has 0 bridgehead atoms. The van der Waals surface area contributed by atoms with Crippen LogP contribution in [0, 0.1) is 0 Å². The topological polar surface area (TPSA) is 66.6 Å². The summed E-state index contributed by atoms with van der Waals surface area (Å²) < 4.78 is 0. The fraction of sp³-hybridized carbons (Fsp3) is 0.462. The first-order valence-electron chi connectivity index (χ1n) is 6.03. The number of aromatic carboxylic acids is 1. The van der Waals surface area contributed by atoms with Gasteiger partial charge in [0.15, 0.2) is 0 Å². The van der Waals surface area contributed by atoms with Crippen molar-refractivity contribution < 1.29 is 9.90 Å². The third-order valence-corrected chi connectivity index (χ3v) is 3.45. The smallest absolute Gasteiger partial charge is 0.337 e. The fourth-order valence-electron chi connectivity index (χ4n) is 2.52. The van der Waals surface area contributed by atoms with Crippen molar-refractivity contribution in [1.82, 2.24) is 0 Å². The Kier molecular flexibility index (Phi) is 3.22. The van der Waals surface area contributed by atoms with Gasteiger partial charge < -0.3 is 15.7 Å². The molecule has 2 rings (SSSR count). The van der Waals surface area contributed by atoms with Crippen molar-refractivity contribution in [2.24, 2.45) is 0 Å². The zero-order valence-corrected chi connectivity index (χ0v) is 10.0. The molecule has 0 aliphatic carbocycles. The maximum atomic E-state index is 10.9. The molecule has 17 heavy (non-hydrogen) atoms. The molecule has 1 aromatic rings. The van der Waals surface area contributed by atoms with Crippen molar-refractivity contribution in [2.45, 2.75) is 32.2 Å². The van der Waals surface area contributed by atoms with E-state index in [1.807, 2.05) is 6.07 Å². The Labute approximate surface area is 101 Å². The van der Waals surface area contributed by atoms with Crippen molar-refractivity contribution >= 4 is 17.3 Å². The summed E-state index contributed by atoms with van der Waals surface area (Å²) >= 11 is 0. The molecule has 1 heterocycles. The number of nitrogens with zero attached hydrogens (tertiary/aromatic N) is 1. The van der Waals surface area contributed by atoms with Gasteiger partial charge in [0.1, 0.15) is 0 Å². The molecule has 92 valence electrons. The Morgan fingerprint density at radius 1 is 1.59 bits per heavy atom. The lowest BCUT2D eigenvalue weighted by Crippen LogP contribution is -2.28. The largest absolute Gasteiger partial charge is 0.478 e. The summed E-state index contributed by atoms with van der Waals surface area (Å²) in [5.74, 6) is -0.970. The van der Waals surface area contributed by atoms with Crippen molar-refractivity contribution in [2.75, 3.05) is 17.2 Å². The second-order valence-corrected chi connectivity index (χ2v) is 4.47. The minimum Gasteiger partial charge on any atom is -0.478 e. The second kappa shape index (κ2) is 4.65. The maximum Gasteiger partial charge on any atom is 0.337 e. The lowest BCUT2D eigenvalue weighted by atomic mass is 10.1. The minimum atomic E-state index is -0.970. The summed E-state index contributed by atoms with van der Waals surface area (Å²) in [6.07, 6.45) is 3.51. The summed E-state index contributed by atoms with van der Waals surface area (Å²) in [6, 6.07) is 5.79. The number of anilines is 2. The van der Waals surface area contributed by atoms with Gasteiger partial charge in [-0.15, -0.1) is 0 Å². The second-order valence-electron chi connectivity index (χ2n) is 4.47. The van der Waals surface area contributed by atoms with Crippen LogP contribution in [0.2, 0.25) is 0 Å². The van der Waals surface area contributed by atoms with Gasteiger partial charge in [0.25, 0.3) is 0 Å². The van der Waals surface area contributed by atoms with Gasteiger partial charge in [-0.2, -0.15) is 0 Å². The summed E-state index contributed by atoms with van der Waals surface area (Å²) in [4.78, 5) is 13.2. The van der Waals surface area contributed by atoms with Crippen LogP contribution in [0.3, 0.4) is 0 Å². The third kappa shape index (κ3) is 2.20. The Hall–Kier alpha value is -1.71. The monoisotopic (exact) mass is 234 g/mol. The van der Waals surface area contributed by atoms with Gasteiger partial charge in [0, 0.05) is 24.0 Å². The molecular weight excluding hydrogens is 216 g/mol. The molecule has 1 aliphatic rings. The lowest BCUT2D eigenvalue weighted by molar-refractivity contribution is 0.0698. The summed E-state index contributed by atoms with van der Waals surface area (Å²) in [6.45, 7) is 3.21. The number of carboxylic acids is 1. The van der Waals surface area contributed by atoms with Crippen LogP contribution in [0.25, 0.3) is 0 Å². The van der Waals surface area contributed by atoms with E-state index in [9.17, 15) is 4.79 Å². The first-order valence-corrected chi connectivity index (χ1v) is 6.03. The summed E-state index contributed by atoms with van der Waals surface area (Å²) in [5, 5.41) is 8.93. The Morgan fingerprint density at radius 3 is 2.94 bits per heavy atom. The lowest BCUT2D eigenvalue weighted by Gasteiger charge is -2.26. The van der Waals surface area contributed by atoms with E-state index in [1.54, 1.807) is 12.1 Å². The fourth-order valence-corrected chi connectivity index (χ4v) is 2.52. The van der Waals surface area contributed by atoms with E-state index in [2.05, 4.69) is 11.8 Å². The molecule has 0 spiro atoms. The molecule has 0 aromatic heterocycles. The van der Waals surface area contributed by atoms with Crippen LogP contribution in [-0.2, 0) is 0 Å². The zero-order valence-electron chi connectivity index (χ0n) is 10.0. The Morgan fingerprint density at radius 2 is 2.35 bits per heavy atom. The molecule has 4 nitrogen and oxygen atoms in total. The normalized spacial score (nSPS) is 19.6. The molecule has 1 fully saturated rings. The maximum absolute atomic E-state index is 10.9. The van der Waals surface area contributed by atoms with E-state index < -0.39 is 5.97 Å². The van der Waals surface area contributed by atoms with Crippen LogP contribution in [0.1, 0.15) is 36.5 Å². The quantitative estimate of drug-likeness (QED) is 0.788. The average molecular weight is 234 g/mol. The van der Waals surface area contributed by atoms with Crippen LogP contribution >= 0.6 is 0 Å². The van der Waals surface area contributed by atoms with Gasteiger partial charge in [-0.25, -0.2) is 4.79 Å². The van der Waals surface area contributed by atoms with Gasteiger partial charge >= 0.3 is 5.97 Å². The van der Waals surface area contributed by atoms with Crippen LogP contribution in [-0.4, -0.2) is 23.7 Å². The van der Waals surface area contributed by atoms with Crippen LogP contribution < -0.4 is 10.6 Å². The van der Waals surface area contributed by atoms with Crippen molar-refractivity contribution in [1.29, 1.82) is 0 Å². The SMILES string of the molecule is CCC1CCCN1c1ccc(C(=O)O)c(N)c1. The predicted molar refractivity (Wildman–Crippen MR) is 68.5 cm³/mol. The molecule has 0 radical (unpaired) electrons. The number of rotatable bonds is 3. The summed E-state index contributed by atoms with van der Waals surface area (Å²) in [5.41, 5.74) is 7.33. The Balaban J connectivity index is 2.28. The molecule has 1 aromatic carbocycles. The standard InChI is InChI=1S/C13H18N2O2/c1-2-9-4-3-7-15(9)10-5-6-11(13(16)17)12(14)8-10/h5-6,8-9H,2-4,7,14H2,1H3,(H,16,17). The molecule has 0 saturated carbocycles. The highest BCUT2D eigenvalue weighted by atomic mass is 16.4. The highest BCUT2D eigenvalue weighted by molar-refractivity contribution is 5.94. The molecule has 1 atom stereocenters. The molecule has 4 heteroatoms. The van der Waals surface area contributed by atoms with Gasteiger partial charge in [-0.1, -0.05) is 6.92 Å². The highest BCUT2D eigenvalue weighted by Crippen LogP contribution is 2.29. The van der Waals surface area contributed by atoms with E-state index in [-0.39, 0.29) is 5.56 Å². The van der Waals surface area contributed by atoms with Gasteiger partial charge in [0.05, 0.1) is 5.56 Å². The van der Waals surface area contributed by atoms with E-state index >= 15 is 0 Å². The molecule has 3 N–H and O–H groups in total. The average Bonchev–Trinajstić information content (AvgIpc) is 2.76. The number of hydrogen-bond acceptors (Lipinski definition) is 3. The molecular formula is C13H18N2O2. The highest BCUT2D eigenvalue weighted by Gasteiger charge is 2.23. The first-order chi connectivity index (χ1) is 8.13.